The minimum atomic E-state index is -1.95. The predicted molar refractivity (Wildman–Crippen MR) is 179 cm³/mol. The molecule has 0 radical (unpaired) electrons. The van der Waals surface area contributed by atoms with Crippen LogP contribution in [0, 0.1) is 0 Å². The summed E-state index contributed by atoms with van der Waals surface area (Å²) in [6.45, 7) is 14.8. The van der Waals surface area contributed by atoms with Crippen LogP contribution in [0.5, 0.6) is 5.75 Å². The third kappa shape index (κ3) is 6.23. The van der Waals surface area contributed by atoms with E-state index in [9.17, 15) is 0 Å². The van der Waals surface area contributed by atoms with E-state index in [2.05, 4.69) is 95.0 Å². The number of aryl methyl sites for hydroxylation is 1. The largest absolute Gasteiger partial charge is 0.543 e. The number of amidine groups is 1. The van der Waals surface area contributed by atoms with Crippen LogP contribution in [0.4, 0.5) is 11.4 Å². The van der Waals surface area contributed by atoms with Crippen molar-refractivity contribution in [1.29, 1.82) is 0 Å². The van der Waals surface area contributed by atoms with Crippen molar-refractivity contribution in [2.24, 2.45) is 10.7 Å². The summed E-state index contributed by atoms with van der Waals surface area (Å²) in [7, 11) is -1.95. The number of aromatic nitrogens is 2. The lowest BCUT2D eigenvalue weighted by Crippen LogP contribution is -2.43. The van der Waals surface area contributed by atoms with Crippen molar-refractivity contribution < 1.29 is 9.16 Å². The summed E-state index contributed by atoms with van der Waals surface area (Å²) >= 11 is 1.74. The SMILES string of the molecule is CCc1cc(O[Si](C)(C)C(C)(C)C)ccc1N=C(N)c1cnn2cc(-c3ccccc3SC)cc2c1N[C@H]1CCOC1. The molecule has 9 heteroatoms. The number of benzene rings is 2. The van der Waals surface area contributed by atoms with E-state index in [1.54, 1.807) is 11.8 Å². The fourth-order valence-corrected chi connectivity index (χ4v) is 6.58. The third-order valence-electron chi connectivity index (χ3n) is 8.46. The number of ether oxygens (including phenoxy) is 1. The van der Waals surface area contributed by atoms with Gasteiger partial charge in [-0.3, -0.25) is 0 Å². The minimum absolute atomic E-state index is 0.121. The number of anilines is 1. The zero-order valence-corrected chi connectivity index (χ0v) is 27.6. The van der Waals surface area contributed by atoms with Crippen LogP contribution in [0.15, 0.2) is 70.8 Å². The number of nitrogens with zero attached hydrogens (tertiary/aromatic N) is 3. The Morgan fingerprint density at radius 2 is 2.00 bits per heavy atom. The third-order valence-corrected chi connectivity index (χ3v) is 13.6. The van der Waals surface area contributed by atoms with Crippen LogP contribution in [0.25, 0.3) is 16.6 Å². The topological polar surface area (TPSA) is 86.2 Å². The van der Waals surface area contributed by atoms with Crippen molar-refractivity contribution in [3.63, 3.8) is 0 Å². The Balaban J connectivity index is 1.55. The maximum absolute atomic E-state index is 6.78. The Morgan fingerprint density at radius 1 is 1.21 bits per heavy atom. The number of nitrogens with one attached hydrogen (secondary N) is 1. The Morgan fingerprint density at radius 3 is 2.69 bits per heavy atom. The zero-order valence-electron chi connectivity index (χ0n) is 25.8. The second kappa shape index (κ2) is 12.1. The van der Waals surface area contributed by atoms with Gasteiger partial charge >= 0.3 is 0 Å². The molecule has 2 aromatic carbocycles. The van der Waals surface area contributed by atoms with Gasteiger partial charge in [-0.1, -0.05) is 45.9 Å². The van der Waals surface area contributed by atoms with Gasteiger partial charge in [-0.05, 0) is 78.7 Å². The van der Waals surface area contributed by atoms with Crippen molar-refractivity contribution in [2.45, 2.75) is 69.6 Å². The molecular weight excluding hydrogens is 559 g/mol. The molecule has 7 nitrogen and oxygen atoms in total. The highest BCUT2D eigenvalue weighted by Crippen LogP contribution is 2.39. The average Bonchev–Trinajstić information content (AvgIpc) is 3.63. The number of thioether (sulfide) groups is 1. The molecule has 1 fully saturated rings. The Bertz CT molecular complexity index is 1600. The molecule has 4 aromatic rings. The van der Waals surface area contributed by atoms with Gasteiger partial charge in [0.05, 0.1) is 41.3 Å². The van der Waals surface area contributed by atoms with E-state index in [4.69, 9.17) is 25.0 Å². The molecule has 0 saturated carbocycles. The Labute approximate surface area is 255 Å². The molecule has 1 aliphatic heterocycles. The second-order valence-electron chi connectivity index (χ2n) is 12.4. The van der Waals surface area contributed by atoms with E-state index in [1.807, 2.05) is 22.8 Å². The summed E-state index contributed by atoms with van der Waals surface area (Å²) in [6.07, 6.45) is 7.75. The lowest BCUT2D eigenvalue weighted by atomic mass is 10.1. The van der Waals surface area contributed by atoms with Gasteiger partial charge in [-0.25, -0.2) is 9.51 Å². The smallest absolute Gasteiger partial charge is 0.250 e. The van der Waals surface area contributed by atoms with E-state index < -0.39 is 8.32 Å². The van der Waals surface area contributed by atoms with Crippen molar-refractivity contribution in [3.05, 3.63) is 72.1 Å². The molecule has 222 valence electrons. The van der Waals surface area contributed by atoms with Gasteiger partial charge in [0.15, 0.2) is 0 Å². The summed E-state index contributed by atoms with van der Waals surface area (Å²) < 4.78 is 14.2. The first-order valence-electron chi connectivity index (χ1n) is 14.7. The molecule has 2 aromatic heterocycles. The van der Waals surface area contributed by atoms with Gasteiger partial charge < -0.3 is 20.2 Å². The zero-order chi connectivity index (χ0) is 30.1. The first-order chi connectivity index (χ1) is 20.0. The van der Waals surface area contributed by atoms with Gasteiger partial charge in [0, 0.05) is 23.3 Å². The molecule has 3 N–H and O–H groups in total. The Kier molecular flexibility index (Phi) is 8.73. The van der Waals surface area contributed by atoms with Crippen LogP contribution in [0.3, 0.4) is 0 Å². The van der Waals surface area contributed by atoms with E-state index >= 15 is 0 Å². The summed E-state index contributed by atoms with van der Waals surface area (Å²) in [5, 5.41) is 8.61. The normalized spacial score (nSPS) is 16.3. The molecule has 42 heavy (non-hydrogen) atoms. The van der Waals surface area contributed by atoms with E-state index in [1.165, 1.54) is 10.5 Å². The van der Waals surface area contributed by atoms with Gasteiger partial charge in [-0.15, -0.1) is 11.8 Å². The molecule has 5 rings (SSSR count). The quantitative estimate of drug-likeness (QED) is 0.0878. The first-order valence-corrected chi connectivity index (χ1v) is 18.8. The van der Waals surface area contributed by atoms with Crippen LogP contribution in [-0.4, -0.2) is 49.3 Å². The van der Waals surface area contributed by atoms with E-state index in [0.29, 0.717) is 12.4 Å². The molecule has 0 unspecified atom stereocenters. The van der Waals surface area contributed by atoms with Crippen molar-refractivity contribution in [1.82, 2.24) is 9.61 Å². The molecule has 1 atom stereocenters. The molecule has 0 aliphatic carbocycles. The summed E-state index contributed by atoms with van der Waals surface area (Å²) in [6, 6.07) is 17.0. The fourth-order valence-electron chi connectivity index (χ4n) is 4.94. The van der Waals surface area contributed by atoms with Crippen LogP contribution in [0.1, 0.15) is 45.2 Å². The molecule has 0 spiro atoms. The molecule has 3 heterocycles. The van der Waals surface area contributed by atoms with E-state index in [-0.39, 0.29) is 11.1 Å². The number of hydrogen-bond donors (Lipinski definition) is 2. The standard InChI is InChI=1S/C33H43N5O2SSi/c1-8-22-17-25(40-42(6,7)33(2,3)4)13-14-28(22)37-32(34)27-19-35-38-20-23(26-11-9-10-12-30(26)41-5)18-29(38)31(27)36-24-15-16-39-21-24/h9-14,17-20,24,36H,8,15-16,21H2,1-7H3,(H2,34,37)/t24-/m0/s1. The average molecular weight is 602 g/mol. The van der Waals surface area contributed by atoms with Crippen LogP contribution < -0.4 is 15.5 Å². The minimum Gasteiger partial charge on any atom is -0.543 e. The highest BCUT2D eigenvalue weighted by atomic mass is 32.2. The summed E-state index contributed by atoms with van der Waals surface area (Å²) in [5.41, 5.74) is 13.7. The highest BCUT2D eigenvalue weighted by Gasteiger charge is 2.39. The summed E-state index contributed by atoms with van der Waals surface area (Å²) in [4.78, 5) is 6.17. The maximum Gasteiger partial charge on any atom is 0.250 e. The number of rotatable bonds is 9. The monoisotopic (exact) mass is 601 g/mol. The lowest BCUT2D eigenvalue weighted by molar-refractivity contribution is 0.195. The second-order valence-corrected chi connectivity index (χ2v) is 18.0. The van der Waals surface area contributed by atoms with Crippen LogP contribution in [-0.2, 0) is 11.2 Å². The van der Waals surface area contributed by atoms with Gasteiger partial charge in [0.2, 0.25) is 8.32 Å². The number of nitrogens with two attached hydrogens (primary N) is 1. The molecule has 1 saturated heterocycles. The molecule has 1 aliphatic rings. The van der Waals surface area contributed by atoms with Crippen molar-refractivity contribution in [3.8, 4) is 16.9 Å². The molecule has 0 bridgehead atoms. The first kappa shape index (κ1) is 30.2. The van der Waals surface area contributed by atoms with Crippen LogP contribution in [0.2, 0.25) is 18.1 Å². The Hall–Kier alpha value is -3.27. The van der Waals surface area contributed by atoms with Crippen LogP contribution >= 0.6 is 11.8 Å². The van der Waals surface area contributed by atoms with Gasteiger partial charge in [0.25, 0.3) is 0 Å². The van der Waals surface area contributed by atoms with Crippen molar-refractivity contribution in [2.75, 3.05) is 24.8 Å². The highest BCUT2D eigenvalue weighted by molar-refractivity contribution is 7.98. The molecular formula is C33H43N5O2SSi. The van der Waals surface area contributed by atoms with Gasteiger partial charge in [-0.2, -0.15) is 5.10 Å². The number of fused-ring (bicyclic) bond motifs is 1. The molecule has 0 amide bonds. The number of hydrogen-bond acceptors (Lipinski definition) is 6. The predicted octanol–water partition coefficient (Wildman–Crippen LogP) is 7.91. The van der Waals surface area contributed by atoms with E-state index in [0.717, 1.165) is 58.8 Å². The lowest BCUT2D eigenvalue weighted by Gasteiger charge is -2.36. The number of aliphatic imine (C=N–C) groups is 1. The van der Waals surface area contributed by atoms with Gasteiger partial charge in [0.1, 0.15) is 11.6 Å². The van der Waals surface area contributed by atoms with Crippen molar-refractivity contribution >= 4 is 42.8 Å². The fraction of sp³-hybridized carbons (Fsp3) is 0.394. The maximum atomic E-state index is 6.78. The summed E-state index contributed by atoms with van der Waals surface area (Å²) in [5.74, 6) is 1.32.